The van der Waals surface area contributed by atoms with Crippen LogP contribution in [0.2, 0.25) is 0 Å². The molecule has 30 heavy (non-hydrogen) atoms. The average molecular weight is 984 g/mol. The first kappa shape index (κ1) is 34.2. The van der Waals surface area contributed by atoms with Crippen molar-refractivity contribution in [2.24, 2.45) is 0 Å². The number of carboxylic acid groups (broad SMARTS) is 3. The number of benzene rings is 1. The van der Waals surface area contributed by atoms with E-state index in [0.717, 1.165) is 26.5 Å². The van der Waals surface area contributed by atoms with Crippen molar-refractivity contribution in [3.8, 4) is 0 Å². The topological polar surface area (TPSA) is 158 Å². The van der Waals surface area contributed by atoms with Gasteiger partial charge in [-0.2, -0.15) is 0 Å². The molecule has 0 aliphatic heterocycles. The largest absolute Gasteiger partial charge is 0.481 e. The fourth-order valence-electron chi connectivity index (χ4n) is 1.80. The monoisotopic (exact) mass is 988 g/mol. The molecule has 1 aromatic carbocycles. The van der Waals surface area contributed by atoms with Crippen molar-refractivity contribution in [1.29, 1.82) is 0 Å². The van der Waals surface area contributed by atoms with Gasteiger partial charge >= 0.3 is 158 Å². The van der Waals surface area contributed by atoms with E-state index in [2.05, 4.69) is 19.2 Å². The van der Waals surface area contributed by atoms with Crippen molar-refractivity contribution in [3.05, 3.63) is 11.1 Å². The van der Waals surface area contributed by atoms with Crippen molar-refractivity contribution in [2.75, 3.05) is 5.32 Å². The summed E-state index contributed by atoms with van der Waals surface area (Å²) in [6.07, 6.45) is -0.0113. The summed E-state index contributed by atoms with van der Waals surface area (Å²) in [6, 6.07) is 0. The third-order valence-electron chi connectivity index (χ3n) is 3.07. The Hall–Kier alpha value is -0.425. The number of Topliss-reactive ketones (excluding diaryl/α,β-unsaturated/α-hetero) is 1. The molecular weight excluding hydrogens is 960 g/mol. The first-order valence-electron chi connectivity index (χ1n) is 8.46. The fraction of sp³-hybridized carbons (Fsp3) is 0.389. The van der Waals surface area contributed by atoms with Gasteiger partial charge in [0.15, 0.2) is 0 Å². The second-order valence-electron chi connectivity index (χ2n) is 6.04. The Morgan fingerprint density at radius 1 is 0.700 bits per heavy atom. The summed E-state index contributed by atoms with van der Waals surface area (Å²) in [5.41, 5.74) is 3.76. The van der Waals surface area contributed by atoms with Crippen LogP contribution in [-0.2, 0) is 102 Å². The summed E-state index contributed by atoms with van der Waals surface area (Å²) in [7, 11) is 0. The zero-order valence-corrected chi connectivity index (χ0v) is 34.7. The Balaban J connectivity index is -0.000000498. The molecule has 9 nitrogen and oxygen atoms in total. The average Bonchev–Trinajstić information content (AvgIpc) is 2.53. The summed E-state index contributed by atoms with van der Waals surface area (Å²) in [6.45, 7) is 9.02. The van der Waals surface area contributed by atoms with Gasteiger partial charge in [0.05, 0.1) is 0 Å². The smallest absolute Gasteiger partial charge is 0.300 e. The zero-order valence-electron chi connectivity index (χ0n) is 18.2. The van der Waals surface area contributed by atoms with Gasteiger partial charge in [-0.15, -0.1) is 0 Å². The van der Waals surface area contributed by atoms with Crippen LogP contribution in [0.3, 0.4) is 0 Å². The summed E-state index contributed by atoms with van der Waals surface area (Å²) >= 11 is 1.66. The number of aliphatic carboxylic acids is 3. The Morgan fingerprint density at radius 2 is 1.03 bits per heavy atom. The van der Waals surface area contributed by atoms with Gasteiger partial charge in [0.1, 0.15) is 0 Å². The van der Waals surface area contributed by atoms with Crippen molar-refractivity contribution >= 4 is 44.5 Å². The van der Waals surface area contributed by atoms with Crippen LogP contribution in [0.15, 0.2) is 0 Å². The molecule has 1 rings (SSSR count). The Kier molecular flexibility index (Phi) is 20.7. The predicted molar refractivity (Wildman–Crippen MR) is 98.7 cm³/mol. The van der Waals surface area contributed by atoms with E-state index < -0.39 is 17.9 Å². The molecule has 1 amide bonds. The van der Waals surface area contributed by atoms with Crippen LogP contribution in [0, 0.1) is 13.8 Å². The van der Waals surface area contributed by atoms with E-state index in [0.29, 0.717) is 78.4 Å². The molecule has 0 aliphatic carbocycles. The summed E-state index contributed by atoms with van der Waals surface area (Å²) in [5.74, 6) is -2.75. The van der Waals surface area contributed by atoms with Gasteiger partial charge in [-0.1, -0.05) is 0 Å². The van der Waals surface area contributed by atoms with Gasteiger partial charge < -0.3 is 15.3 Å². The van der Waals surface area contributed by atoms with E-state index in [4.69, 9.17) is 29.7 Å². The van der Waals surface area contributed by atoms with Gasteiger partial charge in [-0.05, 0) is 0 Å². The van der Waals surface area contributed by atoms with E-state index in [1.807, 2.05) is 0 Å². The maximum absolute atomic E-state index is 11.8. The number of carbonyl (C=O) groups is 5. The van der Waals surface area contributed by atoms with Crippen LogP contribution in [0.4, 0.5) is 5.69 Å². The second-order valence-corrected chi connectivity index (χ2v) is 14.3. The van der Waals surface area contributed by atoms with Gasteiger partial charge in [-0.3, -0.25) is 14.4 Å². The van der Waals surface area contributed by atoms with E-state index >= 15 is 0 Å². The second kappa shape index (κ2) is 18.2. The minimum atomic E-state index is -0.833. The molecule has 0 saturated carbocycles. The predicted octanol–water partition coefficient (Wildman–Crippen LogP) is 0.0100. The molecule has 0 bridgehead atoms. The molecule has 0 radical (unpaired) electrons. The third-order valence-corrected chi connectivity index (χ3v) is 21.5. The molecule has 155 valence electrons. The Bertz CT molecular complexity index is 725. The third kappa shape index (κ3) is 19.5. The molecular formula is C18H24Hg3NO8. The Labute approximate surface area is 224 Å². The van der Waals surface area contributed by atoms with E-state index in [1.54, 1.807) is 0 Å². The van der Waals surface area contributed by atoms with Gasteiger partial charge in [0.2, 0.25) is 0 Å². The summed E-state index contributed by atoms with van der Waals surface area (Å²) in [4.78, 5) is 49.7. The molecule has 0 saturated heterocycles. The van der Waals surface area contributed by atoms with Gasteiger partial charge in [0.25, 0.3) is 17.9 Å². The number of ketones is 1. The summed E-state index contributed by atoms with van der Waals surface area (Å²) < 4.78 is 4.37. The maximum Gasteiger partial charge on any atom is 0.300 e. The zero-order chi connectivity index (χ0) is 24.8. The van der Waals surface area contributed by atoms with Crippen LogP contribution in [0.1, 0.15) is 45.2 Å². The van der Waals surface area contributed by atoms with Crippen LogP contribution >= 0.6 is 0 Å². The van der Waals surface area contributed by atoms with E-state index in [-0.39, 0.29) is 18.1 Å². The minimum absolute atomic E-state index is 0.0113. The van der Waals surface area contributed by atoms with Gasteiger partial charge in [0, 0.05) is 20.8 Å². The summed E-state index contributed by atoms with van der Waals surface area (Å²) in [5, 5.41) is 25.2. The minimum Gasteiger partial charge on any atom is -0.481 e. The first-order chi connectivity index (χ1) is 13.4. The quantitative estimate of drug-likeness (QED) is 0.244. The van der Waals surface area contributed by atoms with Crippen molar-refractivity contribution in [1.82, 2.24) is 0 Å². The van der Waals surface area contributed by atoms with Gasteiger partial charge in [-0.25, -0.2) is 0 Å². The maximum atomic E-state index is 11.8. The number of carboxylic acids is 3. The van der Waals surface area contributed by atoms with Crippen molar-refractivity contribution < 1.29 is 118 Å². The van der Waals surface area contributed by atoms with Crippen LogP contribution in [0.5, 0.6) is 0 Å². The molecule has 4 N–H and O–H groups in total. The fourth-order valence-corrected chi connectivity index (χ4v) is 11.0. The number of amides is 1. The normalized spacial score (nSPS) is 8.80. The molecule has 12 heteroatoms. The van der Waals surface area contributed by atoms with Crippen LogP contribution in [-0.4, -0.2) is 44.9 Å². The number of carbonyl (C=O) groups excluding carboxylic acids is 2. The van der Waals surface area contributed by atoms with E-state index in [9.17, 15) is 9.59 Å². The molecule has 0 aromatic heterocycles. The van der Waals surface area contributed by atoms with E-state index in [1.165, 1.54) is 27.3 Å². The molecule has 0 spiro atoms. The number of hydrogen-bond acceptors (Lipinski definition) is 5. The van der Waals surface area contributed by atoms with Crippen LogP contribution in [0.25, 0.3) is 0 Å². The number of rotatable bonds is 3. The first-order valence-corrected chi connectivity index (χ1v) is 16.7. The number of hydrogen-bond donors (Lipinski definition) is 4. The van der Waals surface area contributed by atoms with Crippen molar-refractivity contribution in [2.45, 2.75) is 48.0 Å². The standard InChI is InChI=1S/C12H12NO2.3C2H4O2.3Hg/c1-8-4-5-11(9(2)6-8)13-12(15)7-10(3)14;3*1-2(3)4;;;/h7H2,1-3H3,(H,13,15);3*1H3,(H,3,4);;;. The van der Waals surface area contributed by atoms with Crippen LogP contribution < -0.4 is 14.5 Å². The van der Waals surface area contributed by atoms with Crippen molar-refractivity contribution in [3.63, 3.8) is 0 Å². The molecule has 0 fully saturated rings. The molecule has 1 aromatic rings. The molecule has 0 atom stereocenters. The number of nitrogens with one attached hydrogen (secondary N) is 1. The molecule has 0 heterocycles. The molecule has 0 unspecified atom stereocenters. The molecule has 0 aliphatic rings. The Morgan fingerprint density at radius 3 is 1.33 bits per heavy atom. The number of anilines is 1. The SMILES string of the molecule is CC(=O)CC(=O)Nc1c(C)[c]([Hg])c(C)[c]([Hg])[c]1[Hg].CC(=O)O.CC(=O)O.CC(=O)O.